The van der Waals surface area contributed by atoms with Gasteiger partial charge in [0, 0.05) is 29.7 Å². The molecule has 0 aliphatic carbocycles. The molecule has 3 rings (SSSR count). The fraction of sp³-hybridized carbons (Fsp3) is 0.333. The summed E-state index contributed by atoms with van der Waals surface area (Å²) in [4.78, 5) is 9.44. The normalized spacial score (nSPS) is 13.4. The molecule has 0 spiro atoms. The van der Waals surface area contributed by atoms with Crippen LogP contribution in [0.2, 0.25) is 0 Å². The van der Waals surface area contributed by atoms with Crippen LogP contribution in [0.4, 0.5) is 5.82 Å². The molecule has 2 aromatic rings. The minimum Gasteiger partial charge on any atom is -0.373 e. The number of fused-ring (bicyclic) bond motifs is 1. The van der Waals surface area contributed by atoms with Crippen LogP contribution in [0, 0.1) is 13.8 Å². The molecule has 0 amide bonds. The van der Waals surface area contributed by atoms with Crippen molar-refractivity contribution in [1.82, 2.24) is 9.97 Å². The molecule has 1 N–H and O–H groups in total. The van der Waals surface area contributed by atoms with Gasteiger partial charge in [0.25, 0.3) is 0 Å². The Labute approximate surface area is 117 Å². The Kier molecular flexibility index (Phi) is 3.19. The van der Waals surface area contributed by atoms with Gasteiger partial charge in [-0.05, 0) is 19.4 Å². The van der Waals surface area contributed by atoms with Crippen molar-refractivity contribution < 1.29 is 0 Å². The summed E-state index contributed by atoms with van der Waals surface area (Å²) in [5, 5.41) is 3.20. The van der Waals surface area contributed by atoms with Crippen molar-refractivity contribution in [1.29, 1.82) is 0 Å². The molecule has 0 bridgehead atoms. The zero-order chi connectivity index (χ0) is 13.4. The second kappa shape index (κ2) is 4.85. The number of thioether (sulfide) groups is 1. The van der Waals surface area contributed by atoms with Crippen LogP contribution in [0.3, 0.4) is 0 Å². The number of nitrogens with zero attached hydrogens (tertiary/aromatic N) is 2. The number of nitrogens with one attached hydrogen (secondary N) is 1. The van der Waals surface area contributed by atoms with Crippen molar-refractivity contribution in [3.63, 3.8) is 0 Å². The maximum atomic E-state index is 4.75. The summed E-state index contributed by atoms with van der Waals surface area (Å²) in [5.74, 6) is 3.82. The summed E-state index contributed by atoms with van der Waals surface area (Å²) in [6, 6.07) is 6.42. The fourth-order valence-electron chi connectivity index (χ4n) is 2.44. The molecular weight excluding hydrogens is 254 g/mol. The van der Waals surface area contributed by atoms with E-state index in [1.54, 1.807) is 0 Å². The lowest BCUT2D eigenvalue weighted by molar-refractivity contribution is 1.07. The second-order valence-corrected chi connectivity index (χ2v) is 5.87. The highest BCUT2D eigenvalue weighted by atomic mass is 32.2. The maximum Gasteiger partial charge on any atom is 0.162 e. The molecule has 2 heterocycles. The van der Waals surface area contributed by atoms with E-state index in [9.17, 15) is 0 Å². The molecule has 0 unspecified atom stereocenters. The lowest BCUT2D eigenvalue weighted by Gasteiger charge is -2.11. The Morgan fingerprint density at radius 2 is 2.00 bits per heavy atom. The Morgan fingerprint density at radius 3 is 2.74 bits per heavy atom. The topological polar surface area (TPSA) is 37.8 Å². The van der Waals surface area contributed by atoms with E-state index in [-0.39, 0.29) is 0 Å². The molecule has 3 nitrogen and oxygen atoms in total. The van der Waals surface area contributed by atoms with Gasteiger partial charge in [-0.1, -0.05) is 23.8 Å². The first-order chi connectivity index (χ1) is 9.19. The molecule has 0 saturated carbocycles. The third-order valence-corrected chi connectivity index (χ3v) is 4.41. The molecule has 19 heavy (non-hydrogen) atoms. The third-order valence-electron chi connectivity index (χ3n) is 3.44. The smallest absolute Gasteiger partial charge is 0.162 e. The van der Waals surface area contributed by atoms with E-state index in [4.69, 9.17) is 4.98 Å². The molecule has 0 atom stereocenters. The Bertz CT molecular complexity index is 638. The minimum absolute atomic E-state index is 0.836. The molecular formula is C15H17N3S. The number of rotatable bonds is 2. The van der Waals surface area contributed by atoms with Gasteiger partial charge < -0.3 is 5.32 Å². The zero-order valence-electron chi connectivity index (χ0n) is 11.4. The van der Waals surface area contributed by atoms with E-state index in [1.165, 1.54) is 22.4 Å². The zero-order valence-corrected chi connectivity index (χ0v) is 12.3. The fourth-order valence-corrected chi connectivity index (χ4v) is 3.48. The van der Waals surface area contributed by atoms with Gasteiger partial charge in [-0.25, -0.2) is 9.97 Å². The summed E-state index contributed by atoms with van der Waals surface area (Å²) in [7, 11) is 1.93. The average Bonchev–Trinajstić information content (AvgIpc) is 2.85. The number of hydrogen-bond acceptors (Lipinski definition) is 4. The number of hydrogen-bond donors (Lipinski definition) is 1. The summed E-state index contributed by atoms with van der Waals surface area (Å²) in [5.41, 5.74) is 6.07. The highest BCUT2D eigenvalue weighted by Crippen LogP contribution is 2.34. The van der Waals surface area contributed by atoms with Crippen molar-refractivity contribution in [2.45, 2.75) is 25.4 Å². The number of aromatic nitrogens is 2. The van der Waals surface area contributed by atoms with Crippen LogP contribution in [0.1, 0.15) is 22.4 Å². The maximum absolute atomic E-state index is 4.75. The van der Waals surface area contributed by atoms with Gasteiger partial charge in [0.2, 0.25) is 0 Å². The highest BCUT2D eigenvalue weighted by Gasteiger charge is 2.20. The first kappa shape index (κ1) is 12.5. The molecule has 0 fully saturated rings. The van der Waals surface area contributed by atoms with E-state index < -0.39 is 0 Å². The minimum atomic E-state index is 0.836. The van der Waals surface area contributed by atoms with Crippen LogP contribution < -0.4 is 5.32 Å². The van der Waals surface area contributed by atoms with Crippen LogP contribution >= 0.6 is 11.8 Å². The van der Waals surface area contributed by atoms with E-state index in [1.807, 2.05) is 18.8 Å². The van der Waals surface area contributed by atoms with Gasteiger partial charge in [-0.15, -0.1) is 0 Å². The molecule has 0 radical (unpaired) electrons. The summed E-state index contributed by atoms with van der Waals surface area (Å²) < 4.78 is 0. The van der Waals surface area contributed by atoms with Crippen LogP contribution in [0.15, 0.2) is 18.2 Å². The molecule has 1 aliphatic rings. The van der Waals surface area contributed by atoms with Crippen LogP contribution in [-0.4, -0.2) is 17.0 Å². The largest absolute Gasteiger partial charge is 0.373 e. The first-order valence-electron chi connectivity index (χ1n) is 6.42. The standard InChI is InChI=1S/C15H17N3S/c1-9-4-5-11(10(2)6-9)15-17-13-8-19-7-12(13)14(16-3)18-15/h4-6H,7-8H2,1-3H3,(H,16,17,18). The van der Waals surface area contributed by atoms with Crippen LogP contribution in [0.5, 0.6) is 0 Å². The van der Waals surface area contributed by atoms with Gasteiger partial charge in [0.1, 0.15) is 5.82 Å². The second-order valence-electron chi connectivity index (χ2n) is 4.88. The monoisotopic (exact) mass is 271 g/mol. The van der Waals surface area contributed by atoms with E-state index in [2.05, 4.69) is 42.3 Å². The van der Waals surface area contributed by atoms with Crippen molar-refractivity contribution in [3.05, 3.63) is 40.6 Å². The van der Waals surface area contributed by atoms with E-state index >= 15 is 0 Å². The predicted octanol–water partition coefficient (Wildman–Crippen LogP) is 3.55. The van der Waals surface area contributed by atoms with E-state index in [0.29, 0.717) is 0 Å². The molecule has 0 saturated heterocycles. The molecule has 1 aromatic carbocycles. The molecule has 4 heteroatoms. The Morgan fingerprint density at radius 1 is 1.16 bits per heavy atom. The number of aryl methyl sites for hydroxylation is 2. The van der Waals surface area contributed by atoms with Crippen LogP contribution in [0.25, 0.3) is 11.4 Å². The Hall–Kier alpha value is -1.55. The van der Waals surface area contributed by atoms with Crippen LogP contribution in [-0.2, 0) is 11.5 Å². The van der Waals surface area contributed by atoms with Gasteiger partial charge in [0.05, 0.1) is 5.69 Å². The number of anilines is 1. The van der Waals surface area contributed by atoms with Gasteiger partial charge in [0.15, 0.2) is 5.82 Å². The van der Waals surface area contributed by atoms with Crippen molar-refractivity contribution in [2.75, 3.05) is 12.4 Å². The van der Waals surface area contributed by atoms with Crippen molar-refractivity contribution in [3.8, 4) is 11.4 Å². The molecule has 1 aliphatic heterocycles. The Balaban J connectivity index is 2.15. The summed E-state index contributed by atoms with van der Waals surface area (Å²) in [6.07, 6.45) is 0. The first-order valence-corrected chi connectivity index (χ1v) is 7.57. The molecule has 1 aromatic heterocycles. The summed E-state index contributed by atoms with van der Waals surface area (Å²) >= 11 is 1.90. The molecule has 98 valence electrons. The number of benzene rings is 1. The predicted molar refractivity (Wildman–Crippen MR) is 81.5 cm³/mol. The quantitative estimate of drug-likeness (QED) is 0.906. The van der Waals surface area contributed by atoms with Gasteiger partial charge in [-0.2, -0.15) is 11.8 Å². The third kappa shape index (κ3) is 2.21. The lowest BCUT2D eigenvalue weighted by Crippen LogP contribution is -2.04. The SMILES string of the molecule is CNc1nc(-c2ccc(C)cc2C)nc2c1CSC2. The van der Waals surface area contributed by atoms with Crippen molar-refractivity contribution >= 4 is 17.6 Å². The van der Waals surface area contributed by atoms with Crippen molar-refractivity contribution in [2.24, 2.45) is 0 Å². The summed E-state index contributed by atoms with van der Waals surface area (Å²) in [6.45, 7) is 4.22. The lowest BCUT2D eigenvalue weighted by atomic mass is 10.0. The van der Waals surface area contributed by atoms with E-state index in [0.717, 1.165) is 28.7 Å². The highest BCUT2D eigenvalue weighted by molar-refractivity contribution is 7.98. The van der Waals surface area contributed by atoms with Gasteiger partial charge >= 0.3 is 0 Å². The van der Waals surface area contributed by atoms with Gasteiger partial charge in [-0.3, -0.25) is 0 Å². The average molecular weight is 271 g/mol.